The topological polar surface area (TPSA) is 112 Å². The van der Waals surface area contributed by atoms with Crippen LogP contribution in [0.15, 0.2) is 95.8 Å². The van der Waals surface area contributed by atoms with Gasteiger partial charge in [0.2, 0.25) is 0 Å². The largest absolute Gasteiger partial charge is 0.508 e. The highest BCUT2D eigenvalue weighted by molar-refractivity contribution is 7.24. The Labute approximate surface area is 211 Å². The van der Waals surface area contributed by atoms with Crippen LogP contribution in [0, 0.1) is 0 Å². The van der Waals surface area contributed by atoms with Gasteiger partial charge in [0.15, 0.2) is 17.0 Å². The number of ketones is 2. The van der Waals surface area contributed by atoms with Gasteiger partial charge in [-0.25, -0.2) is 0 Å². The van der Waals surface area contributed by atoms with Crippen molar-refractivity contribution in [3.8, 4) is 17.2 Å². The Morgan fingerprint density at radius 1 is 0.583 bits per heavy atom. The van der Waals surface area contributed by atoms with Crippen LogP contribution in [0.2, 0.25) is 0 Å². The molecule has 182 valence electrons. The molecule has 6 nitrogen and oxygen atoms in total. The van der Waals surface area contributed by atoms with Crippen LogP contribution in [-0.2, 0) is 0 Å². The molecule has 1 aromatic heterocycles. The van der Waals surface area contributed by atoms with Gasteiger partial charge in [0.25, 0.3) is 0 Å². The molecule has 0 spiro atoms. The van der Waals surface area contributed by atoms with Crippen molar-refractivity contribution in [2.24, 2.45) is 0 Å². The third kappa shape index (κ3) is 6.77. The average Bonchev–Trinajstić information content (AvgIpc) is 2.86. The van der Waals surface area contributed by atoms with Crippen LogP contribution >= 0.6 is 11.3 Å². The van der Waals surface area contributed by atoms with Gasteiger partial charge >= 0.3 is 0 Å². The van der Waals surface area contributed by atoms with Gasteiger partial charge in [0.05, 0.1) is 0 Å². The first kappa shape index (κ1) is 26.1. The molecule has 36 heavy (non-hydrogen) atoms. The van der Waals surface area contributed by atoms with Crippen LogP contribution < -0.4 is 5.43 Å². The third-order valence-electron chi connectivity index (χ3n) is 5.09. The molecule has 4 aromatic carbocycles. The maximum atomic E-state index is 12.1. The van der Waals surface area contributed by atoms with E-state index in [0.29, 0.717) is 21.9 Å². The molecule has 0 aliphatic heterocycles. The van der Waals surface area contributed by atoms with Crippen molar-refractivity contribution in [1.82, 2.24) is 0 Å². The molecular weight excluding hydrogens is 476 g/mol. The Bertz CT molecular complexity index is 1590. The summed E-state index contributed by atoms with van der Waals surface area (Å²) in [6, 6.07) is 24.9. The first-order chi connectivity index (χ1) is 17.2. The SMILES string of the molecule is CC(=O)c1ccc(O)cc1.CC(=O)c1cccc(O)c1.O=c1c2ccccc2sc2ccc(O)cc12. The Kier molecular flexibility index (Phi) is 8.54. The van der Waals surface area contributed by atoms with Gasteiger partial charge in [0.1, 0.15) is 17.2 Å². The van der Waals surface area contributed by atoms with Crippen molar-refractivity contribution in [2.45, 2.75) is 13.8 Å². The number of aromatic hydroxyl groups is 3. The van der Waals surface area contributed by atoms with Gasteiger partial charge in [0, 0.05) is 31.3 Å². The molecular formula is C29H24O6S. The number of benzene rings is 4. The van der Waals surface area contributed by atoms with E-state index in [4.69, 9.17) is 10.2 Å². The van der Waals surface area contributed by atoms with E-state index in [1.54, 1.807) is 47.7 Å². The van der Waals surface area contributed by atoms with E-state index < -0.39 is 0 Å². The highest BCUT2D eigenvalue weighted by Crippen LogP contribution is 2.26. The number of hydrogen-bond donors (Lipinski definition) is 3. The number of fused-ring (bicyclic) bond motifs is 2. The molecule has 5 rings (SSSR count). The van der Waals surface area contributed by atoms with Crippen molar-refractivity contribution in [2.75, 3.05) is 0 Å². The first-order valence-electron chi connectivity index (χ1n) is 10.9. The molecule has 0 saturated heterocycles. The van der Waals surface area contributed by atoms with Gasteiger partial charge in [-0.3, -0.25) is 14.4 Å². The monoisotopic (exact) mass is 500 g/mol. The maximum Gasteiger partial charge on any atom is 0.196 e. The number of phenols is 3. The smallest absolute Gasteiger partial charge is 0.196 e. The Morgan fingerprint density at radius 3 is 1.78 bits per heavy atom. The first-order valence-corrected chi connectivity index (χ1v) is 11.7. The molecule has 1 heterocycles. The van der Waals surface area contributed by atoms with E-state index in [1.807, 2.05) is 24.3 Å². The van der Waals surface area contributed by atoms with E-state index >= 15 is 0 Å². The summed E-state index contributed by atoms with van der Waals surface area (Å²) < 4.78 is 1.88. The summed E-state index contributed by atoms with van der Waals surface area (Å²) in [6.07, 6.45) is 0. The zero-order chi connectivity index (χ0) is 26.2. The number of carbonyl (C=O) groups is 2. The molecule has 3 N–H and O–H groups in total. The lowest BCUT2D eigenvalue weighted by atomic mass is 10.1. The molecule has 0 amide bonds. The van der Waals surface area contributed by atoms with Crippen molar-refractivity contribution < 1.29 is 24.9 Å². The Balaban J connectivity index is 0.000000159. The molecule has 0 fully saturated rings. The fraction of sp³-hybridized carbons (Fsp3) is 0.0690. The average molecular weight is 501 g/mol. The second-order valence-electron chi connectivity index (χ2n) is 7.82. The van der Waals surface area contributed by atoms with Gasteiger partial charge in [-0.15, -0.1) is 11.3 Å². The van der Waals surface area contributed by atoms with Crippen LogP contribution in [0.1, 0.15) is 34.6 Å². The van der Waals surface area contributed by atoms with Gasteiger partial charge in [-0.1, -0.05) is 24.3 Å². The van der Waals surface area contributed by atoms with Gasteiger partial charge in [-0.05, 0) is 80.6 Å². The molecule has 0 atom stereocenters. The number of Topliss-reactive ketones (excluding diaryl/α,β-unsaturated/α-hetero) is 2. The summed E-state index contributed by atoms with van der Waals surface area (Å²) in [5.74, 6) is 0.431. The fourth-order valence-corrected chi connectivity index (χ4v) is 4.26. The van der Waals surface area contributed by atoms with Crippen LogP contribution in [0.4, 0.5) is 0 Å². The zero-order valence-corrected chi connectivity index (χ0v) is 20.5. The molecule has 5 aromatic rings. The number of carbonyl (C=O) groups excluding carboxylic acids is 2. The maximum absolute atomic E-state index is 12.1. The standard InChI is InChI=1S/C13H8O2S.2C8H8O2/c14-8-5-6-12-10(7-8)13(15)9-3-1-2-4-11(9)16-12;1-6(9)7-2-4-8(10)5-3-7;1-6(9)7-3-2-4-8(10)5-7/h1-7,14H;2*2-5,10H,1H3. The van der Waals surface area contributed by atoms with Crippen LogP contribution in [-0.4, -0.2) is 26.9 Å². The number of hydrogen-bond acceptors (Lipinski definition) is 7. The molecule has 0 radical (unpaired) electrons. The zero-order valence-electron chi connectivity index (χ0n) is 19.6. The normalized spacial score (nSPS) is 10.1. The summed E-state index contributed by atoms with van der Waals surface area (Å²) >= 11 is 1.56. The molecule has 0 unspecified atom stereocenters. The molecule has 0 aliphatic carbocycles. The van der Waals surface area contributed by atoms with Gasteiger partial charge < -0.3 is 15.3 Å². The second kappa shape index (κ2) is 11.8. The number of phenolic OH excluding ortho intramolecular Hbond substituents is 3. The van der Waals surface area contributed by atoms with Crippen molar-refractivity contribution in [3.63, 3.8) is 0 Å². The minimum atomic E-state index is -0.0316. The van der Waals surface area contributed by atoms with Gasteiger partial charge in [-0.2, -0.15) is 0 Å². The molecule has 0 bridgehead atoms. The number of rotatable bonds is 2. The summed E-state index contributed by atoms with van der Waals surface area (Å²) in [6.45, 7) is 2.96. The van der Waals surface area contributed by atoms with Crippen molar-refractivity contribution in [1.29, 1.82) is 0 Å². The fourth-order valence-electron chi connectivity index (χ4n) is 3.21. The van der Waals surface area contributed by atoms with Crippen molar-refractivity contribution in [3.05, 3.63) is 112 Å². The van der Waals surface area contributed by atoms with Crippen LogP contribution in [0.5, 0.6) is 17.2 Å². The van der Waals surface area contributed by atoms with Crippen LogP contribution in [0.3, 0.4) is 0 Å². The van der Waals surface area contributed by atoms with Crippen LogP contribution in [0.25, 0.3) is 20.2 Å². The third-order valence-corrected chi connectivity index (χ3v) is 6.24. The minimum Gasteiger partial charge on any atom is -0.508 e. The molecule has 0 aliphatic rings. The molecule has 7 heteroatoms. The minimum absolute atomic E-state index is 0.0137. The highest BCUT2D eigenvalue weighted by atomic mass is 32.1. The predicted octanol–water partition coefficient (Wildman–Crippen LogP) is 6.31. The summed E-state index contributed by atoms with van der Waals surface area (Å²) in [4.78, 5) is 33.5. The van der Waals surface area contributed by atoms with E-state index in [-0.39, 0.29) is 34.2 Å². The quantitative estimate of drug-likeness (QED) is 0.193. The summed E-state index contributed by atoms with van der Waals surface area (Å²) in [5, 5.41) is 28.4. The van der Waals surface area contributed by atoms with E-state index in [0.717, 1.165) is 9.40 Å². The Hall–Kier alpha value is -4.49. The van der Waals surface area contributed by atoms with E-state index in [1.165, 1.54) is 44.2 Å². The van der Waals surface area contributed by atoms with E-state index in [2.05, 4.69) is 0 Å². The lowest BCUT2D eigenvalue weighted by Gasteiger charge is -2.00. The summed E-state index contributed by atoms with van der Waals surface area (Å²) in [7, 11) is 0. The Morgan fingerprint density at radius 2 is 1.17 bits per heavy atom. The lowest BCUT2D eigenvalue weighted by molar-refractivity contribution is 0.100. The van der Waals surface area contributed by atoms with E-state index in [9.17, 15) is 19.5 Å². The second-order valence-corrected chi connectivity index (χ2v) is 8.90. The molecule has 0 saturated carbocycles. The predicted molar refractivity (Wildman–Crippen MR) is 143 cm³/mol. The lowest BCUT2D eigenvalue weighted by Crippen LogP contribution is -2.00. The van der Waals surface area contributed by atoms with Crippen molar-refractivity contribution >= 4 is 43.1 Å². The highest BCUT2D eigenvalue weighted by Gasteiger charge is 2.05. The summed E-state index contributed by atoms with van der Waals surface area (Å²) in [5.41, 5.74) is 1.15.